The third-order valence-corrected chi connectivity index (χ3v) is 2.58. The molecule has 0 unspecified atom stereocenters. The van der Waals surface area contributed by atoms with Crippen LogP contribution in [0.4, 0.5) is 39.5 Å². The Balaban J connectivity index is 3.29. The number of hydrogen-bond donors (Lipinski definition) is 0. The minimum atomic E-state index is -5.91. The zero-order valence-electron chi connectivity index (χ0n) is 9.50. The number of benzene rings is 1. The smallest absolute Gasteiger partial charge is 0.434 e. The zero-order chi connectivity index (χ0) is 16.6. The van der Waals surface area contributed by atoms with Crippen molar-refractivity contribution in [2.24, 2.45) is 0 Å². The largest absolute Gasteiger partial charge is 0.471 e. The second-order valence-electron chi connectivity index (χ2n) is 3.72. The van der Waals surface area contributed by atoms with E-state index in [9.17, 15) is 39.5 Å². The van der Waals surface area contributed by atoms with E-state index in [1.807, 2.05) is 0 Å². The average Bonchev–Trinajstić information content (AvgIpc) is 2.22. The summed E-state index contributed by atoms with van der Waals surface area (Å²) < 4.78 is 115. The Morgan fingerprint density at radius 1 is 0.857 bits per heavy atom. The molecule has 0 aromatic heterocycles. The molecule has 0 heterocycles. The Morgan fingerprint density at radius 3 is 1.71 bits per heavy atom. The molecule has 1 aromatic rings. The van der Waals surface area contributed by atoms with Crippen molar-refractivity contribution in [3.05, 3.63) is 28.2 Å². The third-order valence-electron chi connectivity index (χ3n) is 2.09. The van der Waals surface area contributed by atoms with Gasteiger partial charge in [0.25, 0.3) is 6.10 Å². The predicted molar refractivity (Wildman–Crippen MR) is 55.7 cm³/mol. The number of hydrogen-bond acceptors (Lipinski definition) is 1. The van der Waals surface area contributed by atoms with Gasteiger partial charge in [0.1, 0.15) is 5.75 Å². The van der Waals surface area contributed by atoms with Gasteiger partial charge in [0.05, 0.1) is 5.56 Å². The second-order valence-corrected chi connectivity index (χ2v) is 4.64. The van der Waals surface area contributed by atoms with Crippen molar-refractivity contribution in [2.45, 2.75) is 24.6 Å². The van der Waals surface area contributed by atoms with E-state index in [1.165, 1.54) is 0 Å². The van der Waals surface area contributed by atoms with Crippen LogP contribution in [0.5, 0.6) is 5.75 Å². The SMILES string of the molecule is FC(F)(F)c1cc(Br)ccc1OC(C(F)(F)F)C(F)(F)F. The fraction of sp³-hybridized carbons (Fsp3) is 0.400. The third kappa shape index (κ3) is 4.68. The lowest BCUT2D eigenvalue weighted by molar-refractivity contribution is -0.300. The van der Waals surface area contributed by atoms with Crippen LogP contribution in [-0.2, 0) is 6.18 Å². The van der Waals surface area contributed by atoms with Crippen molar-refractivity contribution in [1.82, 2.24) is 0 Å². The molecule has 0 amide bonds. The van der Waals surface area contributed by atoms with Crippen LogP contribution in [0.15, 0.2) is 22.7 Å². The molecule has 1 nitrogen and oxygen atoms in total. The summed E-state index contributed by atoms with van der Waals surface area (Å²) in [6.07, 6.45) is -21.4. The van der Waals surface area contributed by atoms with Crippen molar-refractivity contribution in [2.75, 3.05) is 0 Å². The first kappa shape index (κ1) is 17.9. The Bertz CT molecular complexity index is 489. The number of alkyl halides is 9. The van der Waals surface area contributed by atoms with Gasteiger partial charge in [-0.15, -0.1) is 0 Å². The summed E-state index contributed by atoms with van der Waals surface area (Å²) in [7, 11) is 0. The van der Waals surface area contributed by atoms with Crippen molar-refractivity contribution in [1.29, 1.82) is 0 Å². The van der Waals surface area contributed by atoms with E-state index < -0.39 is 35.9 Å². The standard InChI is InChI=1S/C10H4BrF9O/c11-4-1-2-6(5(3-4)8(12,13)14)21-7(9(15,16)17)10(18,19)20/h1-3,7H. The average molecular weight is 391 g/mol. The van der Waals surface area contributed by atoms with Crippen LogP contribution in [0.25, 0.3) is 0 Å². The molecule has 0 radical (unpaired) electrons. The summed E-state index contributed by atoms with van der Waals surface area (Å²) in [5, 5.41) is 0. The molecule has 0 atom stereocenters. The number of halogens is 10. The lowest BCUT2D eigenvalue weighted by atomic mass is 10.2. The van der Waals surface area contributed by atoms with Crippen LogP contribution in [-0.4, -0.2) is 18.5 Å². The molecule has 0 N–H and O–H groups in total. The molecule has 0 aliphatic carbocycles. The first-order valence-electron chi connectivity index (χ1n) is 4.90. The minimum Gasteiger partial charge on any atom is -0.471 e. The van der Waals surface area contributed by atoms with Crippen molar-refractivity contribution in [3.8, 4) is 5.75 Å². The van der Waals surface area contributed by atoms with E-state index in [-0.39, 0.29) is 4.47 Å². The highest BCUT2D eigenvalue weighted by atomic mass is 79.9. The van der Waals surface area contributed by atoms with Crippen molar-refractivity contribution < 1.29 is 44.3 Å². The van der Waals surface area contributed by atoms with Crippen LogP contribution in [0.2, 0.25) is 0 Å². The first-order valence-corrected chi connectivity index (χ1v) is 5.69. The number of rotatable bonds is 2. The summed E-state index contributed by atoms with van der Waals surface area (Å²) in [6.45, 7) is 0. The molecule has 0 aliphatic rings. The minimum absolute atomic E-state index is 0.183. The number of ether oxygens (including phenoxy) is 1. The molecule has 0 fully saturated rings. The lowest BCUT2D eigenvalue weighted by Crippen LogP contribution is -2.46. The molecule has 120 valence electrons. The Morgan fingerprint density at radius 2 is 1.33 bits per heavy atom. The Hall–Kier alpha value is -1.13. The second kappa shape index (κ2) is 5.58. The molecule has 11 heteroatoms. The van der Waals surface area contributed by atoms with Gasteiger partial charge in [-0.05, 0) is 18.2 Å². The van der Waals surface area contributed by atoms with E-state index in [4.69, 9.17) is 0 Å². The van der Waals surface area contributed by atoms with Crippen LogP contribution >= 0.6 is 15.9 Å². The van der Waals surface area contributed by atoms with Gasteiger partial charge in [0.15, 0.2) is 0 Å². The van der Waals surface area contributed by atoms with Gasteiger partial charge in [-0.1, -0.05) is 15.9 Å². The summed E-state index contributed by atoms with van der Waals surface area (Å²) >= 11 is 2.63. The molecular weight excluding hydrogens is 387 g/mol. The van der Waals surface area contributed by atoms with Crippen LogP contribution < -0.4 is 4.74 Å². The van der Waals surface area contributed by atoms with Gasteiger partial charge < -0.3 is 4.74 Å². The van der Waals surface area contributed by atoms with Gasteiger partial charge in [-0.25, -0.2) is 0 Å². The highest BCUT2D eigenvalue weighted by Gasteiger charge is 2.59. The molecule has 0 spiro atoms. The predicted octanol–water partition coefficient (Wildman–Crippen LogP) is 5.34. The van der Waals surface area contributed by atoms with Gasteiger partial charge in [0, 0.05) is 4.47 Å². The monoisotopic (exact) mass is 390 g/mol. The molecular formula is C10H4BrF9O. The van der Waals surface area contributed by atoms with Gasteiger partial charge in [-0.2, -0.15) is 39.5 Å². The van der Waals surface area contributed by atoms with E-state index in [1.54, 1.807) is 0 Å². The molecule has 1 rings (SSSR count). The van der Waals surface area contributed by atoms with E-state index in [2.05, 4.69) is 20.7 Å². The maximum Gasteiger partial charge on any atom is 0.434 e. The summed E-state index contributed by atoms with van der Waals surface area (Å²) in [5.41, 5.74) is -1.75. The van der Waals surface area contributed by atoms with Gasteiger partial charge in [0.2, 0.25) is 0 Å². The molecule has 0 saturated carbocycles. The van der Waals surface area contributed by atoms with E-state index in [0.717, 1.165) is 6.07 Å². The molecule has 21 heavy (non-hydrogen) atoms. The highest BCUT2D eigenvalue weighted by molar-refractivity contribution is 9.10. The molecule has 0 bridgehead atoms. The quantitative estimate of drug-likeness (QED) is 0.619. The normalized spacial score (nSPS) is 13.7. The molecule has 0 aliphatic heterocycles. The molecule has 0 saturated heterocycles. The fourth-order valence-electron chi connectivity index (χ4n) is 1.27. The van der Waals surface area contributed by atoms with Gasteiger partial charge >= 0.3 is 18.5 Å². The Kier molecular flexibility index (Phi) is 4.76. The fourth-order valence-corrected chi connectivity index (χ4v) is 1.63. The van der Waals surface area contributed by atoms with Gasteiger partial charge in [-0.3, -0.25) is 0 Å². The van der Waals surface area contributed by atoms with Crippen LogP contribution in [0.1, 0.15) is 5.56 Å². The van der Waals surface area contributed by atoms with Crippen molar-refractivity contribution in [3.63, 3.8) is 0 Å². The van der Waals surface area contributed by atoms with E-state index >= 15 is 0 Å². The van der Waals surface area contributed by atoms with Crippen LogP contribution in [0.3, 0.4) is 0 Å². The first-order chi connectivity index (χ1) is 9.23. The lowest BCUT2D eigenvalue weighted by Gasteiger charge is -2.25. The van der Waals surface area contributed by atoms with E-state index in [0.29, 0.717) is 12.1 Å². The van der Waals surface area contributed by atoms with Crippen molar-refractivity contribution >= 4 is 15.9 Å². The maximum absolute atomic E-state index is 12.6. The van der Waals surface area contributed by atoms with Crippen LogP contribution in [0, 0.1) is 0 Å². The summed E-state index contributed by atoms with van der Waals surface area (Å²) in [6, 6.07) is 1.52. The topological polar surface area (TPSA) is 9.23 Å². The Labute approximate surface area is 119 Å². The maximum atomic E-state index is 12.6. The highest BCUT2D eigenvalue weighted by Crippen LogP contribution is 2.42. The molecule has 1 aromatic carbocycles. The zero-order valence-corrected chi connectivity index (χ0v) is 11.1. The summed E-state index contributed by atoms with van der Waals surface area (Å²) in [4.78, 5) is 0. The summed E-state index contributed by atoms with van der Waals surface area (Å²) in [5.74, 6) is -1.56.